The first-order chi connectivity index (χ1) is 12.6. The van der Waals surface area contributed by atoms with Crippen molar-refractivity contribution in [1.82, 2.24) is 4.98 Å². The molecule has 4 nitrogen and oxygen atoms in total. The summed E-state index contributed by atoms with van der Waals surface area (Å²) in [5.41, 5.74) is 3.52. The average molecular weight is 349 g/mol. The molecule has 0 saturated heterocycles. The standard InChI is InChI=1S/C22H23NO3/c1-3-5-8-15-11-12-19-17(13-15)18(22(24)25)14-20(23-19)16-9-6-7-10-21(16)26-4-2/h6-7,9-14H,3-5,8H2,1-2H3,(H,24,25). The maximum Gasteiger partial charge on any atom is 0.336 e. The van der Waals surface area contributed by atoms with Gasteiger partial charge in [-0.25, -0.2) is 9.78 Å². The predicted octanol–water partition coefficient (Wildman–Crippen LogP) is 5.34. The first-order valence-electron chi connectivity index (χ1n) is 9.03. The number of unbranched alkanes of at least 4 members (excludes halogenated alkanes) is 1. The lowest BCUT2D eigenvalue weighted by atomic mass is 10.00. The summed E-state index contributed by atoms with van der Waals surface area (Å²) in [7, 11) is 0. The lowest BCUT2D eigenvalue weighted by Crippen LogP contribution is -2.02. The zero-order chi connectivity index (χ0) is 18.5. The van der Waals surface area contributed by atoms with Gasteiger partial charge in [0.05, 0.1) is 23.4 Å². The van der Waals surface area contributed by atoms with Gasteiger partial charge in [-0.05, 0) is 55.7 Å². The number of rotatable bonds is 7. The monoisotopic (exact) mass is 349 g/mol. The van der Waals surface area contributed by atoms with Crippen molar-refractivity contribution in [2.24, 2.45) is 0 Å². The van der Waals surface area contributed by atoms with Crippen LogP contribution in [0.4, 0.5) is 0 Å². The van der Waals surface area contributed by atoms with Crippen LogP contribution in [0.3, 0.4) is 0 Å². The molecule has 0 spiro atoms. The molecule has 3 rings (SSSR count). The van der Waals surface area contributed by atoms with Gasteiger partial charge in [0, 0.05) is 10.9 Å². The number of carboxylic acids is 1. The number of hydrogen-bond acceptors (Lipinski definition) is 3. The topological polar surface area (TPSA) is 59.4 Å². The third-order valence-electron chi connectivity index (χ3n) is 4.39. The molecule has 2 aromatic carbocycles. The highest BCUT2D eigenvalue weighted by Crippen LogP contribution is 2.32. The normalized spacial score (nSPS) is 10.8. The fourth-order valence-corrected chi connectivity index (χ4v) is 3.08. The molecule has 3 aromatic rings. The van der Waals surface area contributed by atoms with E-state index in [1.165, 1.54) is 0 Å². The van der Waals surface area contributed by atoms with Crippen molar-refractivity contribution in [1.29, 1.82) is 0 Å². The van der Waals surface area contributed by atoms with Gasteiger partial charge in [-0.15, -0.1) is 0 Å². The molecule has 0 saturated carbocycles. The number of aryl methyl sites for hydroxylation is 1. The van der Waals surface area contributed by atoms with Gasteiger partial charge in [0.2, 0.25) is 0 Å². The van der Waals surface area contributed by atoms with Crippen molar-refractivity contribution < 1.29 is 14.6 Å². The number of carboxylic acid groups (broad SMARTS) is 1. The van der Waals surface area contributed by atoms with Crippen LogP contribution in [0.2, 0.25) is 0 Å². The second-order valence-corrected chi connectivity index (χ2v) is 6.24. The fourth-order valence-electron chi connectivity index (χ4n) is 3.08. The molecule has 26 heavy (non-hydrogen) atoms. The van der Waals surface area contributed by atoms with Gasteiger partial charge in [0.25, 0.3) is 0 Å². The van der Waals surface area contributed by atoms with Gasteiger partial charge in [-0.3, -0.25) is 0 Å². The molecular formula is C22H23NO3. The maximum atomic E-state index is 11.9. The van der Waals surface area contributed by atoms with E-state index >= 15 is 0 Å². The smallest absolute Gasteiger partial charge is 0.336 e. The van der Waals surface area contributed by atoms with Crippen LogP contribution in [0.15, 0.2) is 48.5 Å². The Morgan fingerprint density at radius 3 is 2.65 bits per heavy atom. The van der Waals surface area contributed by atoms with Gasteiger partial charge in [-0.2, -0.15) is 0 Å². The van der Waals surface area contributed by atoms with Crippen LogP contribution >= 0.6 is 0 Å². The van der Waals surface area contributed by atoms with Crippen LogP contribution in [0.25, 0.3) is 22.2 Å². The summed E-state index contributed by atoms with van der Waals surface area (Å²) in [5.74, 6) is -0.238. The van der Waals surface area contributed by atoms with E-state index in [1.807, 2.05) is 49.4 Å². The summed E-state index contributed by atoms with van der Waals surface area (Å²) < 4.78 is 5.68. The zero-order valence-electron chi connectivity index (χ0n) is 15.2. The highest BCUT2D eigenvalue weighted by atomic mass is 16.5. The van der Waals surface area contributed by atoms with Gasteiger partial charge < -0.3 is 9.84 Å². The number of aromatic carboxylic acids is 1. The van der Waals surface area contributed by atoms with Gasteiger partial charge >= 0.3 is 5.97 Å². The van der Waals surface area contributed by atoms with E-state index in [1.54, 1.807) is 6.07 Å². The summed E-state index contributed by atoms with van der Waals surface area (Å²) in [6.45, 7) is 4.61. The summed E-state index contributed by atoms with van der Waals surface area (Å²) in [5, 5.41) is 10.4. The zero-order valence-corrected chi connectivity index (χ0v) is 15.2. The highest BCUT2D eigenvalue weighted by molar-refractivity contribution is 6.04. The average Bonchev–Trinajstić information content (AvgIpc) is 2.66. The number of fused-ring (bicyclic) bond motifs is 1. The van der Waals surface area contributed by atoms with Crippen LogP contribution < -0.4 is 4.74 Å². The number of nitrogens with zero attached hydrogens (tertiary/aromatic N) is 1. The molecule has 1 N–H and O–H groups in total. The van der Waals surface area contributed by atoms with E-state index in [-0.39, 0.29) is 5.56 Å². The van der Waals surface area contributed by atoms with Crippen molar-refractivity contribution in [3.8, 4) is 17.0 Å². The Labute approximate surface area is 153 Å². The molecule has 0 unspecified atom stereocenters. The lowest BCUT2D eigenvalue weighted by Gasteiger charge is -2.12. The Bertz CT molecular complexity index is 934. The van der Waals surface area contributed by atoms with Crippen molar-refractivity contribution in [3.63, 3.8) is 0 Å². The quantitative estimate of drug-likeness (QED) is 0.625. The van der Waals surface area contributed by atoms with Gasteiger partial charge in [-0.1, -0.05) is 31.5 Å². The van der Waals surface area contributed by atoms with E-state index in [2.05, 4.69) is 6.92 Å². The van der Waals surface area contributed by atoms with Crippen LogP contribution in [0.5, 0.6) is 5.75 Å². The fraction of sp³-hybridized carbons (Fsp3) is 0.273. The highest BCUT2D eigenvalue weighted by Gasteiger charge is 2.15. The molecule has 134 valence electrons. The number of ether oxygens (including phenoxy) is 1. The molecule has 4 heteroatoms. The van der Waals surface area contributed by atoms with Crippen LogP contribution in [0.1, 0.15) is 42.6 Å². The first-order valence-corrected chi connectivity index (χ1v) is 9.03. The summed E-state index contributed by atoms with van der Waals surface area (Å²) in [4.78, 5) is 16.6. The van der Waals surface area contributed by atoms with Gasteiger partial charge in [0.15, 0.2) is 0 Å². The SMILES string of the molecule is CCCCc1ccc2nc(-c3ccccc3OCC)cc(C(=O)O)c2c1. The van der Waals surface area contributed by atoms with Gasteiger partial charge in [0.1, 0.15) is 5.75 Å². The Balaban J connectivity index is 2.16. The second-order valence-electron chi connectivity index (χ2n) is 6.24. The van der Waals surface area contributed by atoms with Crippen LogP contribution in [0, 0.1) is 0 Å². The van der Waals surface area contributed by atoms with Crippen molar-refractivity contribution in [2.45, 2.75) is 33.1 Å². The Hall–Kier alpha value is -2.88. The molecule has 0 aliphatic heterocycles. The van der Waals surface area contributed by atoms with Crippen LogP contribution in [-0.2, 0) is 6.42 Å². The third-order valence-corrected chi connectivity index (χ3v) is 4.39. The lowest BCUT2D eigenvalue weighted by molar-refractivity contribution is 0.0699. The minimum atomic E-state index is -0.944. The number of carbonyl (C=O) groups is 1. The molecule has 0 bridgehead atoms. The van der Waals surface area contributed by atoms with E-state index in [4.69, 9.17) is 9.72 Å². The number of benzene rings is 2. The van der Waals surface area contributed by atoms with Crippen molar-refractivity contribution >= 4 is 16.9 Å². The third kappa shape index (κ3) is 3.69. The van der Waals surface area contributed by atoms with E-state index in [9.17, 15) is 9.90 Å². The maximum absolute atomic E-state index is 11.9. The summed E-state index contributed by atoms with van der Waals surface area (Å²) in [6, 6.07) is 15.1. The molecule has 0 amide bonds. The molecular weight excluding hydrogens is 326 g/mol. The molecule has 0 atom stereocenters. The second kappa shape index (κ2) is 8.00. The number of aromatic nitrogens is 1. The van der Waals surface area contributed by atoms with E-state index in [0.717, 1.165) is 30.4 Å². The predicted molar refractivity (Wildman–Crippen MR) is 104 cm³/mol. The molecule has 1 aromatic heterocycles. The minimum absolute atomic E-state index is 0.273. The van der Waals surface area contributed by atoms with Crippen molar-refractivity contribution in [3.05, 3.63) is 59.7 Å². The van der Waals surface area contributed by atoms with Crippen LogP contribution in [-0.4, -0.2) is 22.7 Å². The molecule has 0 radical (unpaired) electrons. The molecule has 0 aliphatic rings. The van der Waals surface area contributed by atoms with E-state index in [0.29, 0.717) is 29.0 Å². The van der Waals surface area contributed by atoms with E-state index < -0.39 is 5.97 Å². The molecule has 0 fully saturated rings. The number of para-hydroxylation sites is 1. The number of pyridine rings is 1. The summed E-state index contributed by atoms with van der Waals surface area (Å²) in [6.07, 6.45) is 3.14. The Morgan fingerprint density at radius 1 is 1.12 bits per heavy atom. The Morgan fingerprint density at radius 2 is 1.92 bits per heavy atom. The minimum Gasteiger partial charge on any atom is -0.493 e. The largest absolute Gasteiger partial charge is 0.493 e. The number of hydrogen-bond donors (Lipinski definition) is 1. The molecule has 1 heterocycles. The van der Waals surface area contributed by atoms with Crippen molar-refractivity contribution in [2.75, 3.05) is 6.61 Å². The summed E-state index contributed by atoms with van der Waals surface area (Å²) >= 11 is 0. The molecule has 0 aliphatic carbocycles. The Kier molecular flexibility index (Phi) is 5.52. The first kappa shape index (κ1) is 17.9.